The number of nitrogens with two attached hydrogens (primary N) is 1. The molecule has 1 aromatic carbocycles. The van der Waals surface area contributed by atoms with Gasteiger partial charge in [-0.1, -0.05) is 32.0 Å². The molecule has 26 heavy (non-hydrogen) atoms. The van der Waals surface area contributed by atoms with Gasteiger partial charge >= 0.3 is 0 Å². The fourth-order valence-electron chi connectivity index (χ4n) is 2.89. The van der Waals surface area contributed by atoms with Crippen molar-refractivity contribution in [2.45, 2.75) is 32.2 Å². The highest BCUT2D eigenvalue weighted by Crippen LogP contribution is 2.24. The maximum absolute atomic E-state index is 12.9. The molecule has 3 rings (SSSR count). The summed E-state index contributed by atoms with van der Waals surface area (Å²) in [5, 5.41) is 3.84. The highest BCUT2D eigenvalue weighted by molar-refractivity contribution is 6.07. The summed E-state index contributed by atoms with van der Waals surface area (Å²) in [4.78, 5) is 21.7. The lowest BCUT2D eigenvalue weighted by molar-refractivity contribution is 0.0944. The molecule has 2 aromatic heterocycles. The van der Waals surface area contributed by atoms with Crippen LogP contribution in [0.4, 0.5) is 0 Å². The molecule has 3 aromatic rings. The number of hydrogen-bond acceptors (Lipinski definition) is 4. The van der Waals surface area contributed by atoms with Crippen molar-refractivity contribution >= 4 is 16.8 Å². The summed E-state index contributed by atoms with van der Waals surface area (Å²) in [7, 11) is 0. The number of fused-ring (bicyclic) bond motifs is 1. The Balaban J connectivity index is 2.00. The molecule has 134 valence electrons. The Morgan fingerprint density at radius 3 is 2.50 bits per heavy atom. The van der Waals surface area contributed by atoms with Gasteiger partial charge in [0.25, 0.3) is 5.91 Å². The van der Waals surface area contributed by atoms with Gasteiger partial charge in [0.2, 0.25) is 0 Å². The maximum atomic E-state index is 12.9. The predicted molar refractivity (Wildman–Crippen MR) is 105 cm³/mol. The van der Waals surface area contributed by atoms with Crippen LogP contribution < -0.4 is 11.1 Å². The van der Waals surface area contributed by atoms with Crippen LogP contribution in [0.15, 0.2) is 54.9 Å². The van der Waals surface area contributed by atoms with E-state index in [1.807, 2.05) is 56.3 Å². The summed E-state index contributed by atoms with van der Waals surface area (Å²) >= 11 is 0. The van der Waals surface area contributed by atoms with Crippen LogP contribution in [0.3, 0.4) is 0 Å². The van der Waals surface area contributed by atoms with Crippen molar-refractivity contribution in [3.05, 3.63) is 60.4 Å². The Bertz CT molecular complexity index is 904. The van der Waals surface area contributed by atoms with Gasteiger partial charge in [0, 0.05) is 35.4 Å². The summed E-state index contributed by atoms with van der Waals surface area (Å²) in [5.74, 6) is -0.129. The van der Waals surface area contributed by atoms with Gasteiger partial charge in [-0.3, -0.25) is 9.78 Å². The maximum Gasteiger partial charge on any atom is 0.252 e. The quantitative estimate of drug-likeness (QED) is 0.714. The highest BCUT2D eigenvalue weighted by Gasteiger charge is 2.22. The van der Waals surface area contributed by atoms with E-state index in [2.05, 4.69) is 10.3 Å². The number of pyridine rings is 2. The normalized spacial score (nSPS) is 11.5. The highest BCUT2D eigenvalue weighted by atomic mass is 16.1. The molecule has 0 aliphatic heterocycles. The Kier molecular flexibility index (Phi) is 5.28. The Morgan fingerprint density at radius 2 is 1.81 bits per heavy atom. The number of amides is 1. The SMILES string of the molecule is CCC(N)(CC)CNC(=O)c1cc(-c2ccncc2)nc2ccccc12. The average molecular weight is 348 g/mol. The van der Waals surface area contributed by atoms with Crippen molar-refractivity contribution in [1.29, 1.82) is 0 Å². The number of aromatic nitrogens is 2. The van der Waals surface area contributed by atoms with Crippen LogP contribution in [-0.4, -0.2) is 28.0 Å². The van der Waals surface area contributed by atoms with Gasteiger partial charge < -0.3 is 11.1 Å². The van der Waals surface area contributed by atoms with E-state index in [9.17, 15) is 4.79 Å². The first kappa shape index (κ1) is 18.0. The Labute approximate surface area is 153 Å². The Hall–Kier alpha value is -2.79. The fraction of sp³-hybridized carbons (Fsp3) is 0.286. The molecule has 0 fully saturated rings. The van der Waals surface area contributed by atoms with Crippen molar-refractivity contribution < 1.29 is 4.79 Å². The van der Waals surface area contributed by atoms with E-state index >= 15 is 0 Å². The molecule has 0 aliphatic carbocycles. The van der Waals surface area contributed by atoms with E-state index in [-0.39, 0.29) is 11.4 Å². The monoisotopic (exact) mass is 348 g/mol. The van der Waals surface area contributed by atoms with E-state index in [0.29, 0.717) is 12.1 Å². The molecule has 0 saturated carbocycles. The summed E-state index contributed by atoms with van der Waals surface area (Å²) in [6, 6.07) is 13.3. The van der Waals surface area contributed by atoms with Gasteiger partial charge in [0.15, 0.2) is 0 Å². The van der Waals surface area contributed by atoms with Gasteiger partial charge in [-0.05, 0) is 37.1 Å². The first-order chi connectivity index (χ1) is 12.6. The molecular weight excluding hydrogens is 324 g/mol. The van der Waals surface area contributed by atoms with Gasteiger partial charge in [-0.25, -0.2) is 4.98 Å². The van der Waals surface area contributed by atoms with Gasteiger partial charge in [-0.15, -0.1) is 0 Å². The number of nitrogens with zero attached hydrogens (tertiary/aromatic N) is 2. The van der Waals surface area contributed by atoms with Crippen LogP contribution in [-0.2, 0) is 0 Å². The molecule has 5 nitrogen and oxygen atoms in total. The number of rotatable bonds is 6. The number of hydrogen-bond donors (Lipinski definition) is 2. The number of carbonyl (C=O) groups excluding carboxylic acids is 1. The molecule has 0 saturated heterocycles. The minimum absolute atomic E-state index is 0.129. The van der Waals surface area contributed by atoms with Crippen LogP contribution in [0.2, 0.25) is 0 Å². The van der Waals surface area contributed by atoms with Crippen LogP contribution in [0.1, 0.15) is 37.0 Å². The van der Waals surface area contributed by atoms with Crippen LogP contribution in [0, 0.1) is 0 Å². The van der Waals surface area contributed by atoms with Gasteiger partial charge in [0.1, 0.15) is 0 Å². The second-order valence-electron chi connectivity index (χ2n) is 6.56. The number of para-hydroxylation sites is 1. The summed E-state index contributed by atoms with van der Waals surface area (Å²) in [5.41, 5.74) is 9.01. The van der Waals surface area contributed by atoms with E-state index in [0.717, 1.165) is 35.0 Å². The summed E-state index contributed by atoms with van der Waals surface area (Å²) in [6.45, 7) is 4.53. The van der Waals surface area contributed by atoms with Crippen LogP contribution in [0.25, 0.3) is 22.2 Å². The fourth-order valence-corrected chi connectivity index (χ4v) is 2.89. The van der Waals surface area contributed by atoms with Crippen molar-refractivity contribution in [3.8, 4) is 11.3 Å². The topological polar surface area (TPSA) is 80.9 Å². The average Bonchev–Trinajstić information content (AvgIpc) is 2.71. The molecule has 0 atom stereocenters. The van der Waals surface area contributed by atoms with Gasteiger partial charge in [0.05, 0.1) is 16.8 Å². The third kappa shape index (κ3) is 3.73. The standard InChI is InChI=1S/C21H24N4O/c1-3-21(22,4-2)14-24-20(26)17-13-19(15-9-11-23-12-10-15)25-18-8-6-5-7-16(17)18/h5-13H,3-4,14,22H2,1-2H3,(H,24,26). The van der Waals surface area contributed by atoms with Gasteiger partial charge in [-0.2, -0.15) is 0 Å². The zero-order valence-electron chi connectivity index (χ0n) is 15.2. The van der Waals surface area contributed by atoms with E-state index in [4.69, 9.17) is 10.7 Å². The number of nitrogens with one attached hydrogen (secondary N) is 1. The molecule has 0 spiro atoms. The van der Waals surface area contributed by atoms with Crippen molar-refractivity contribution in [2.24, 2.45) is 5.73 Å². The molecule has 1 amide bonds. The molecule has 2 heterocycles. The lowest BCUT2D eigenvalue weighted by Crippen LogP contribution is -2.49. The van der Waals surface area contributed by atoms with Crippen LogP contribution >= 0.6 is 0 Å². The zero-order chi connectivity index (χ0) is 18.6. The summed E-state index contributed by atoms with van der Waals surface area (Å²) < 4.78 is 0. The first-order valence-corrected chi connectivity index (χ1v) is 8.93. The molecular formula is C21H24N4O. The molecule has 0 unspecified atom stereocenters. The predicted octanol–water partition coefficient (Wildman–Crippen LogP) is 3.54. The minimum atomic E-state index is -0.383. The lowest BCUT2D eigenvalue weighted by Gasteiger charge is -2.27. The third-order valence-electron chi connectivity index (χ3n) is 4.95. The summed E-state index contributed by atoms with van der Waals surface area (Å²) in [6.07, 6.45) is 5.06. The first-order valence-electron chi connectivity index (χ1n) is 8.93. The lowest BCUT2D eigenvalue weighted by atomic mass is 9.94. The second-order valence-corrected chi connectivity index (χ2v) is 6.56. The van der Waals surface area contributed by atoms with E-state index in [1.54, 1.807) is 12.4 Å². The molecule has 3 N–H and O–H groups in total. The third-order valence-corrected chi connectivity index (χ3v) is 4.95. The minimum Gasteiger partial charge on any atom is -0.350 e. The van der Waals surface area contributed by atoms with Crippen molar-refractivity contribution in [2.75, 3.05) is 6.54 Å². The Morgan fingerprint density at radius 1 is 1.12 bits per heavy atom. The van der Waals surface area contributed by atoms with E-state index < -0.39 is 0 Å². The second kappa shape index (κ2) is 7.62. The van der Waals surface area contributed by atoms with E-state index in [1.165, 1.54) is 0 Å². The zero-order valence-corrected chi connectivity index (χ0v) is 15.2. The molecule has 0 radical (unpaired) electrons. The largest absolute Gasteiger partial charge is 0.350 e. The molecule has 0 bridgehead atoms. The number of carbonyl (C=O) groups is 1. The molecule has 5 heteroatoms. The van der Waals surface area contributed by atoms with Crippen LogP contribution in [0.5, 0.6) is 0 Å². The van der Waals surface area contributed by atoms with Crippen molar-refractivity contribution in [1.82, 2.24) is 15.3 Å². The molecule has 0 aliphatic rings. The smallest absolute Gasteiger partial charge is 0.252 e. The van der Waals surface area contributed by atoms with Crippen molar-refractivity contribution in [3.63, 3.8) is 0 Å². The number of benzene rings is 1.